The van der Waals surface area contributed by atoms with Crippen LogP contribution in [0.15, 0.2) is 27.3 Å². The number of nitrogens with zero attached hydrogens (tertiary/aromatic N) is 2. The first-order valence-electron chi connectivity index (χ1n) is 7.55. The van der Waals surface area contributed by atoms with Crippen molar-refractivity contribution >= 4 is 5.91 Å². The van der Waals surface area contributed by atoms with Crippen LogP contribution in [0.2, 0.25) is 0 Å². The third kappa shape index (κ3) is 3.16. The molecule has 0 aromatic carbocycles. The largest absolute Gasteiger partial charge is 0.461 e. The highest BCUT2D eigenvalue weighted by molar-refractivity contribution is 5.95. The summed E-state index contributed by atoms with van der Waals surface area (Å²) in [7, 11) is 3.18. The third-order valence-corrected chi connectivity index (χ3v) is 3.97. The lowest BCUT2D eigenvalue weighted by atomic mass is 10.1. The highest BCUT2D eigenvalue weighted by atomic mass is 16.5. The molecule has 23 heavy (non-hydrogen) atoms. The molecule has 124 valence electrons. The zero-order valence-electron chi connectivity index (χ0n) is 13.3. The van der Waals surface area contributed by atoms with Gasteiger partial charge in [-0.2, -0.15) is 0 Å². The van der Waals surface area contributed by atoms with E-state index in [9.17, 15) is 4.79 Å². The van der Waals surface area contributed by atoms with E-state index in [4.69, 9.17) is 18.4 Å². The fourth-order valence-corrected chi connectivity index (χ4v) is 2.93. The van der Waals surface area contributed by atoms with Crippen molar-refractivity contribution in [2.45, 2.75) is 32.1 Å². The average molecular weight is 320 g/mol. The second-order valence-electron chi connectivity index (χ2n) is 5.50. The Labute approximate surface area is 134 Å². The number of aromatic nitrogens is 1. The molecule has 7 nitrogen and oxygen atoms in total. The molecule has 3 rings (SSSR count). The molecule has 1 saturated heterocycles. The molecule has 2 aromatic heterocycles. The number of furan rings is 1. The Hall–Kier alpha value is -2.12. The summed E-state index contributed by atoms with van der Waals surface area (Å²) in [5.41, 5.74) is 0.963. The maximum Gasteiger partial charge on any atom is 0.259 e. The predicted octanol–water partition coefficient (Wildman–Crippen LogP) is 2.54. The standard InChI is InChI=1S/C16H20N2O5/c1-20-8-11-5-6-15(23-11)14-4-3-7-18(14)16(19)12-9-22-17-13(12)10-21-2/h5-6,9,14H,3-4,7-8,10H2,1-2H3. The first-order chi connectivity index (χ1) is 11.2. The maximum absolute atomic E-state index is 12.8. The minimum absolute atomic E-state index is 0.0709. The summed E-state index contributed by atoms with van der Waals surface area (Å²) in [6.45, 7) is 1.35. The Morgan fingerprint density at radius 2 is 2.17 bits per heavy atom. The molecule has 1 aliphatic rings. The van der Waals surface area contributed by atoms with Gasteiger partial charge in [-0.25, -0.2) is 0 Å². The second kappa shape index (κ2) is 6.97. The van der Waals surface area contributed by atoms with Crippen molar-refractivity contribution in [2.75, 3.05) is 20.8 Å². The summed E-state index contributed by atoms with van der Waals surface area (Å²) in [6, 6.07) is 3.72. The lowest BCUT2D eigenvalue weighted by Crippen LogP contribution is -2.30. The molecule has 2 aromatic rings. The molecule has 0 saturated carbocycles. The summed E-state index contributed by atoms with van der Waals surface area (Å²) >= 11 is 0. The zero-order chi connectivity index (χ0) is 16.2. The number of methoxy groups -OCH3 is 2. The van der Waals surface area contributed by atoms with E-state index in [-0.39, 0.29) is 18.6 Å². The van der Waals surface area contributed by atoms with Crippen molar-refractivity contribution in [3.8, 4) is 0 Å². The van der Waals surface area contributed by atoms with Crippen LogP contribution in [-0.2, 0) is 22.7 Å². The van der Waals surface area contributed by atoms with Gasteiger partial charge in [0.2, 0.25) is 0 Å². The smallest absolute Gasteiger partial charge is 0.259 e. The molecule has 1 unspecified atom stereocenters. The number of carbonyl (C=O) groups is 1. The molecular formula is C16H20N2O5. The van der Waals surface area contributed by atoms with Crippen LogP contribution in [0, 0.1) is 0 Å². The van der Waals surface area contributed by atoms with Crippen LogP contribution >= 0.6 is 0 Å². The van der Waals surface area contributed by atoms with E-state index in [1.165, 1.54) is 6.26 Å². The van der Waals surface area contributed by atoms with Crippen LogP contribution in [0.5, 0.6) is 0 Å². The molecule has 0 N–H and O–H groups in total. The molecule has 1 fully saturated rings. The SMILES string of the molecule is COCc1ccc(C2CCCN2C(=O)c2conc2COC)o1. The van der Waals surface area contributed by atoms with Crippen molar-refractivity contribution in [2.24, 2.45) is 0 Å². The van der Waals surface area contributed by atoms with Gasteiger partial charge in [-0.1, -0.05) is 5.16 Å². The lowest BCUT2D eigenvalue weighted by Gasteiger charge is -2.22. The van der Waals surface area contributed by atoms with Gasteiger partial charge < -0.3 is 23.3 Å². The number of carbonyl (C=O) groups excluding carboxylic acids is 1. The molecule has 0 radical (unpaired) electrons. The Balaban J connectivity index is 1.80. The number of amides is 1. The van der Waals surface area contributed by atoms with Gasteiger partial charge in [-0.15, -0.1) is 0 Å². The van der Waals surface area contributed by atoms with Gasteiger partial charge in [-0.3, -0.25) is 4.79 Å². The second-order valence-corrected chi connectivity index (χ2v) is 5.50. The summed E-state index contributed by atoms with van der Waals surface area (Å²) in [5, 5.41) is 3.84. The fraction of sp³-hybridized carbons (Fsp3) is 0.500. The van der Waals surface area contributed by atoms with Crippen LogP contribution in [0.25, 0.3) is 0 Å². The van der Waals surface area contributed by atoms with Crippen molar-refractivity contribution in [3.63, 3.8) is 0 Å². The Kier molecular flexibility index (Phi) is 4.78. The van der Waals surface area contributed by atoms with Gasteiger partial charge in [0.05, 0.1) is 12.6 Å². The van der Waals surface area contributed by atoms with E-state index in [2.05, 4.69) is 5.16 Å². The number of likely N-dealkylation sites (tertiary alicyclic amines) is 1. The molecule has 7 heteroatoms. The van der Waals surface area contributed by atoms with E-state index in [0.29, 0.717) is 24.4 Å². The maximum atomic E-state index is 12.8. The fourth-order valence-electron chi connectivity index (χ4n) is 2.93. The van der Waals surface area contributed by atoms with Gasteiger partial charge in [0.15, 0.2) is 0 Å². The molecule has 3 heterocycles. The highest BCUT2D eigenvalue weighted by Crippen LogP contribution is 2.34. The monoisotopic (exact) mass is 320 g/mol. The van der Waals surface area contributed by atoms with Crippen molar-refractivity contribution < 1.29 is 23.2 Å². The topological polar surface area (TPSA) is 77.9 Å². The van der Waals surface area contributed by atoms with Crippen LogP contribution < -0.4 is 0 Å². The van der Waals surface area contributed by atoms with Crippen LogP contribution in [0.4, 0.5) is 0 Å². The molecule has 1 amide bonds. The van der Waals surface area contributed by atoms with Crippen molar-refractivity contribution in [1.82, 2.24) is 10.1 Å². The highest BCUT2D eigenvalue weighted by Gasteiger charge is 2.34. The lowest BCUT2D eigenvalue weighted by molar-refractivity contribution is 0.0710. The van der Waals surface area contributed by atoms with Crippen LogP contribution in [0.1, 0.15) is 46.5 Å². The molecule has 0 bridgehead atoms. The normalized spacial score (nSPS) is 17.8. The van der Waals surface area contributed by atoms with Gasteiger partial charge in [-0.05, 0) is 25.0 Å². The first kappa shape index (κ1) is 15.8. The third-order valence-electron chi connectivity index (χ3n) is 3.97. The van der Waals surface area contributed by atoms with Gasteiger partial charge in [0.25, 0.3) is 5.91 Å². The first-order valence-corrected chi connectivity index (χ1v) is 7.55. The minimum atomic E-state index is -0.106. The van der Waals surface area contributed by atoms with E-state index >= 15 is 0 Å². The predicted molar refractivity (Wildman–Crippen MR) is 79.6 cm³/mol. The molecule has 1 aliphatic heterocycles. The van der Waals surface area contributed by atoms with Crippen molar-refractivity contribution in [1.29, 1.82) is 0 Å². The number of hydrogen-bond donors (Lipinski definition) is 0. The minimum Gasteiger partial charge on any atom is -0.461 e. The van der Waals surface area contributed by atoms with Crippen molar-refractivity contribution in [3.05, 3.63) is 41.2 Å². The Morgan fingerprint density at radius 3 is 2.96 bits per heavy atom. The van der Waals surface area contributed by atoms with E-state index in [1.807, 2.05) is 12.1 Å². The summed E-state index contributed by atoms with van der Waals surface area (Å²) in [6.07, 6.45) is 3.18. The molecular weight excluding hydrogens is 300 g/mol. The molecule has 1 atom stereocenters. The van der Waals surface area contributed by atoms with Crippen LogP contribution in [-0.4, -0.2) is 36.7 Å². The summed E-state index contributed by atoms with van der Waals surface area (Å²) < 4.78 is 20.9. The van der Waals surface area contributed by atoms with Gasteiger partial charge in [0.1, 0.15) is 35.6 Å². The van der Waals surface area contributed by atoms with E-state index in [0.717, 1.165) is 24.4 Å². The van der Waals surface area contributed by atoms with Crippen LogP contribution in [0.3, 0.4) is 0 Å². The summed E-state index contributed by atoms with van der Waals surface area (Å²) in [5.74, 6) is 1.44. The number of rotatable bonds is 6. The van der Waals surface area contributed by atoms with Gasteiger partial charge in [0, 0.05) is 20.8 Å². The van der Waals surface area contributed by atoms with E-state index < -0.39 is 0 Å². The molecule has 0 aliphatic carbocycles. The zero-order valence-corrected chi connectivity index (χ0v) is 13.3. The van der Waals surface area contributed by atoms with Gasteiger partial charge >= 0.3 is 0 Å². The Bertz CT molecular complexity index is 663. The molecule has 0 spiro atoms. The quantitative estimate of drug-likeness (QED) is 0.814. The summed E-state index contributed by atoms with van der Waals surface area (Å²) in [4.78, 5) is 14.6. The van der Waals surface area contributed by atoms with E-state index in [1.54, 1.807) is 19.1 Å². The Morgan fingerprint density at radius 1 is 1.35 bits per heavy atom. The number of hydrogen-bond acceptors (Lipinski definition) is 6. The average Bonchev–Trinajstić information content (AvgIpc) is 3.27. The number of ether oxygens (including phenoxy) is 2.